The molecule has 6 nitrogen and oxygen atoms in total. The van der Waals surface area contributed by atoms with E-state index in [0.717, 1.165) is 44.9 Å². The number of H-pyrrole nitrogens is 1. The number of nitrogens with one attached hydrogen (secondary N) is 1. The molecule has 1 fully saturated rings. The van der Waals surface area contributed by atoms with Crippen molar-refractivity contribution in [3.05, 3.63) is 81.9 Å². The third-order valence-corrected chi connectivity index (χ3v) is 6.99. The average molecular weight is 499 g/mol. The van der Waals surface area contributed by atoms with Crippen LogP contribution in [-0.2, 0) is 15.9 Å². The van der Waals surface area contributed by atoms with Gasteiger partial charge in [-0.25, -0.2) is 4.98 Å². The third kappa shape index (κ3) is 5.45. The van der Waals surface area contributed by atoms with Crippen LogP contribution in [0.1, 0.15) is 52.0 Å². The molecule has 0 aliphatic carbocycles. The number of hydrogen-bond donors (Lipinski definition) is 1. The molecular weight excluding hydrogens is 464 g/mol. The number of fused-ring (bicyclic) bond motifs is 1. The van der Waals surface area contributed by atoms with Gasteiger partial charge in [0.1, 0.15) is 24.3 Å². The molecule has 2 heterocycles. The standard InChI is InChI=1S/C31H34N2O4/c1-18-7-8-22(11-19(18)2)14-28(34)23-9-10-26-27(15-23)33-30(32-26)29-20(3)12-24(13-21(29)4)35-16-25-17-36-31(5,6)37-25/h7-13,15,25H,14,16-17H2,1-6H3,(H,32,33)/t25-/m0/s1. The second-order valence-corrected chi connectivity index (χ2v) is 10.5. The zero-order valence-corrected chi connectivity index (χ0v) is 22.4. The lowest BCUT2D eigenvalue weighted by Crippen LogP contribution is -2.25. The predicted molar refractivity (Wildman–Crippen MR) is 145 cm³/mol. The maximum absolute atomic E-state index is 13.0. The first-order chi connectivity index (χ1) is 17.6. The molecule has 1 aromatic heterocycles. The number of carbonyl (C=O) groups excluding carboxylic acids is 1. The van der Waals surface area contributed by atoms with Gasteiger partial charge in [0.05, 0.1) is 17.6 Å². The van der Waals surface area contributed by atoms with E-state index in [9.17, 15) is 4.79 Å². The largest absolute Gasteiger partial charge is 0.491 e. The Bertz CT molecular complexity index is 1460. The molecule has 6 heteroatoms. The molecule has 5 rings (SSSR count). The molecule has 0 saturated carbocycles. The molecule has 0 amide bonds. The molecule has 1 N–H and O–H groups in total. The van der Waals surface area contributed by atoms with Crippen LogP contribution < -0.4 is 4.74 Å². The molecule has 1 aliphatic rings. The fourth-order valence-corrected chi connectivity index (χ4v) is 4.92. The first-order valence-corrected chi connectivity index (χ1v) is 12.7. The minimum absolute atomic E-state index is 0.0856. The number of ketones is 1. The summed E-state index contributed by atoms with van der Waals surface area (Å²) in [5.74, 6) is 1.11. The van der Waals surface area contributed by atoms with Gasteiger partial charge in [-0.1, -0.05) is 18.2 Å². The van der Waals surface area contributed by atoms with Crippen LogP contribution in [0.15, 0.2) is 48.5 Å². The van der Waals surface area contributed by atoms with Crippen molar-refractivity contribution in [2.45, 2.75) is 59.9 Å². The summed E-state index contributed by atoms with van der Waals surface area (Å²) >= 11 is 0. The van der Waals surface area contributed by atoms with E-state index in [1.54, 1.807) is 0 Å². The minimum Gasteiger partial charge on any atom is -0.491 e. The van der Waals surface area contributed by atoms with E-state index in [0.29, 0.717) is 25.2 Å². The van der Waals surface area contributed by atoms with Gasteiger partial charge >= 0.3 is 0 Å². The normalized spacial score (nSPS) is 16.9. The fourth-order valence-electron chi connectivity index (χ4n) is 4.92. The van der Waals surface area contributed by atoms with Crippen LogP contribution in [-0.4, -0.2) is 40.9 Å². The van der Waals surface area contributed by atoms with Crippen LogP contribution in [0.3, 0.4) is 0 Å². The van der Waals surface area contributed by atoms with Crippen molar-refractivity contribution < 1.29 is 19.0 Å². The van der Waals surface area contributed by atoms with Crippen LogP contribution in [0.5, 0.6) is 5.75 Å². The van der Waals surface area contributed by atoms with Crippen molar-refractivity contribution in [2.24, 2.45) is 0 Å². The number of aryl methyl sites for hydroxylation is 4. The Morgan fingerprint density at radius 3 is 2.43 bits per heavy atom. The van der Waals surface area contributed by atoms with Gasteiger partial charge in [-0.15, -0.1) is 0 Å². The van der Waals surface area contributed by atoms with Crippen molar-refractivity contribution in [3.8, 4) is 17.1 Å². The maximum Gasteiger partial charge on any atom is 0.167 e. The second kappa shape index (κ2) is 9.77. The van der Waals surface area contributed by atoms with E-state index in [-0.39, 0.29) is 11.9 Å². The highest BCUT2D eigenvalue weighted by molar-refractivity contribution is 6.00. The van der Waals surface area contributed by atoms with Crippen LogP contribution in [0.2, 0.25) is 0 Å². The van der Waals surface area contributed by atoms with Crippen LogP contribution >= 0.6 is 0 Å². The van der Waals surface area contributed by atoms with Crippen LogP contribution in [0, 0.1) is 27.7 Å². The summed E-state index contributed by atoms with van der Waals surface area (Å²) in [5.41, 5.74) is 8.97. The number of rotatable bonds is 7. The summed E-state index contributed by atoms with van der Waals surface area (Å²) in [7, 11) is 0. The van der Waals surface area contributed by atoms with E-state index in [4.69, 9.17) is 19.2 Å². The van der Waals surface area contributed by atoms with Crippen molar-refractivity contribution in [1.29, 1.82) is 0 Å². The summed E-state index contributed by atoms with van der Waals surface area (Å²) in [5, 5.41) is 0. The Kier molecular flexibility index (Phi) is 6.65. The fraction of sp³-hybridized carbons (Fsp3) is 0.355. The number of ether oxygens (including phenoxy) is 3. The van der Waals surface area contributed by atoms with E-state index in [1.165, 1.54) is 11.1 Å². The van der Waals surface area contributed by atoms with Gasteiger partial charge in [-0.2, -0.15) is 0 Å². The topological polar surface area (TPSA) is 73.4 Å². The molecule has 0 unspecified atom stereocenters. The lowest BCUT2D eigenvalue weighted by molar-refractivity contribution is -0.141. The maximum atomic E-state index is 13.0. The van der Waals surface area contributed by atoms with Crippen molar-refractivity contribution >= 4 is 16.8 Å². The Morgan fingerprint density at radius 1 is 1.00 bits per heavy atom. The monoisotopic (exact) mass is 498 g/mol. The Balaban J connectivity index is 1.33. The molecular formula is C31H34N2O4. The number of Topliss-reactive ketones (excluding diaryl/α,β-unsaturated/α-hetero) is 1. The number of benzene rings is 3. The van der Waals surface area contributed by atoms with Gasteiger partial charge in [0, 0.05) is 17.5 Å². The van der Waals surface area contributed by atoms with Gasteiger partial charge in [-0.3, -0.25) is 4.79 Å². The first-order valence-electron chi connectivity index (χ1n) is 12.7. The number of nitrogens with zero attached hydrogens (tertiary/aromatic N) is 1. The predicted octanol–water partition coefficient (Wildman–Crippen LogP) is 6.42. The molecule has 37 heavy (non-hydrogen) atoms. The van der Waals surface area contributed by atoms with Gasteiger partial charge in [0.2, 0.25) is 0 Å². The highest BCUT2D eigenvalue weighted by Crippen LogP contribution is 2.32. The SMILES string of the molecule is Cc1ccc(CC(=O)c2ccc3nc(-c4c(C)cc(OC[C@H]5COC(C)(C)O5)cc4C)[nH]c3c2)cc1C. The van der Waals surface area contributed by atoms with E-state index in [1.807, 2.05) is 50.2 Å². The zero-order chi connectivity index (χ0) is 26.3. The number of carbonyl (C=O) groups is 1. The third-order valence-electron chi connectivity index (χ3n) is 6.99. The second-order valence-electron chi connectivity index (χ2n) is 10.5. The number of hydrogen-bond acceptors (Lipinski definition) is 5. The Labute approximate surface area is 218 Å². The lowest BCUT2D eigenvalue weighted by Gasteiger charge is -2.18. The molecule has 1 saturated heterocycles. The molecule has 0 bridgehead atoms. The number of imidazole rings is 1. The summed E-state index contributed by atoms with van der Waals surface area (Å²) < 4.78 is 17.5. The molecule has 1 aliphatic heterocycles. The summed E-state index contributed by atoms with van der Waals surface area (Å²) in [4.78, 5) is 21.3. The average Bonchev–Trinajstić information content (AvgIpc) is 3.41. The van der Waals surface area contributed by atoms with E-state index >= 15 is 0 Å². The van der Waals surface area contributed by atoms with Gasteiger partial charge in [0.25, 0.3) is 0 Å². The summed E-state index contributed by atoms with van der Waals surface area (Å²) in [6.45, 7) is 13.0. The van der Waals surface area contributed by atoms with E-state index in [2.05, 4.69) is 44.8 Å². The Hall–Kier alpha value is -3.48. The first kappa shape index (κ1) is 25.2. The lowest BCUT2D eigenvalue weighted by atomic mass is 9.99. The van der Waals surface area contributed by atoms with Gasteiger partial charge in [0.15, 0.2) is 11.6 Å². The van der Waals surface area contributed by atoms with Crippen LogP contribution in [0.4, 0.5) is 0 Å². The molecule has 192 valence electrons. The zero-order valence-electron chi connectivity index (χ0n) is 22.4. The molecule has 3 aromatic carbocycles. The van der Waals surface area contributed by atoms with Gasteiger partial charge < -0.3 is 19.2 Å². The molecule has 1 atom stereocenters. The van der Waals surface area contributed by atoms with E-state index < -0.39 is 5.79 Å². The van der Waals surface area contributed by atoms with Crippen molar-refractivity contribution in [1.82, 2.24) is 9.97 Å². The van der Waals surface area contributed by atoms with Crippen molar-refractivity contribution in [2.75, 3.05) is 13.2 Å². The van der Waals surface area contributed by atoms with Crippen LogP contribution in [0.25, 0.3) is 22.4 Å². The quantitative estimate of drug-likeness (QED) is 0.298. The smallest absolute Gasteiger partial charge is 0.167 e. The number of aromatic amines is 1. The molecule has 0 radical (unpaired) electrons. The Morgan fingerprint density at radius 2 is 1.76 bits per heavy atom. The van der Waals surface area contributed by atoms with Gasteiger partial charge in [-0.05, 0) is 99.7 Å². The number of aromatic nitrogens is 2. The summed E-state index contributed by atoms with van der Waals surface area (Å²) in [6.07, 6.45) is 0.292. The minimum atomic E-state index is -0.560. The summed E-state index contributed by atoms with van der Waals surface area (Å²) in [6, 6.07) is 15.9. The highest BCUT2D eigenvalue weighted by atomic mass is 16.7. The molecule has 0 spiro atoms. The molecule has 4 aromatic rings. The van der Waals surface area contributed by atoms with Crippen molar-refractivity contribution in [3.63, 3.8) is 0 Å². The highest BCUT2D eigenvalue weighted by Gasteiger charge is 2.33.